The molecule has 1 rings (SSSR count). The lowest BCUT2D eigenvalue weighted by Crippen LogP contribution is -2.44. The highest BCUT2D eigenvalue weighted by molar-refractivity contribution is 5.20. The number of halogens is 2. The van der Waals surface area contributed by atoms with Crippen LogP contribution in [0.25, 0.3) is 0 Å². The minimum atomic E-state index is -0.529. The maximum Gasteiger partial charge on any atom is 0.129 e. The average Bonchev–Trinajstić information content (AvgIpc) is 2.21. The van der Waals surface area contributed by atoms with E-state index in [-0.39, 0.29) is 18.0 Å². The second kappa shape index (κ2) is 5.89. The number of hydrogen-bond acceptors (Lipinski definition) is 3. The first-order valence-corrected chi connectivity index (χ1v) is 5.08. The first kappa shape index (κ1) is 13.0. The zero-order valence-electron chi connectivity index (χ0n) is 9.50. The van der Waals surface area contributed by atoms with Gasteiger partial charge in [0.25, 0.3) is 0 Å². The van der Waals surface area contributed by atoms with E-state index in [0.29, 0.717) is 6.54 Å². The Hall–Kier alpha value is -1.04. The predicted octanol–water partition coefficient (Wildman–Crippen LogP) is 0.901. The van der Waals surface area contributed by atoms with Gasteiger partial charge in [0.05, 0.1) is 0 Å². The largest absolute Gasteiger partial charge is 0.308 e. The van der Waals surface area contributed by atoms with Crippen molar-refractivity contribution < 1.29 is 8.78 Å². The molecule has 1 atom stereocenters. The standard InChI is InChI=1S/C11H17F2N3/c1-16(2)7-8(15-14)6-9-10(12)4-3-5-11(9)13/h3-5,8,15H,6-7,14H2,1-2H3. The van der Waals surface area contributed by atoms with Gasteiger partial charge < -0.3 is 4.90 Å². The SMILES string of the molecule is CN(C)CC(Cc1c(F)cccc1F)NN. The van der Waals surface area contributed by atoms with Crippen LogP contribution in [0.1, 0.15) is 5.56 Å². The van der Waals surface area contributed by atoms with E-state index in [1.54, 1.807) is 0 Å². The van der Waals surface area contributed by atoms with Gasteiger partial charge in [-0.25, -0.2) is 8.78 Å². The lowest BCUT2D eigenvalue weighted by molar-refractivity contribution is 0.334. The highest BCUT2D eigenvalue weighted by Gasteiger charge is 2.15. The first-order chi connectivity index (χ1) is 7.54. The topological polar surface area (TPSA) is 41.3 Å². The molecule has 0 saturated heterocycles. The average molecular weight is 229 g/mol. The molecule has 90 valence electrons. The quantitative estimate of drug-likeness (QED) is 0.582. The van der Waals surface area contributed by atoms with Gasteiger partial charge in [0, 0.05) is 18.2 Å². The molecule has 0 bridgehead atoms. The molecule has 1 aromatic carbocycles. The van der Waals surface area contributed by atoms with Crippen LogP contribution in [0.2, 0.25) is 0 Å². The van der Waals surface area contributed by atoms with Gasteiger partial charge in [0.15, 0.2) is 0 Å². The lowest BCUT2D eigenvalue weighted by atomic mass is 10.0. The lowest BCUT2D eigenvalue weighted by Gasteiger charge is -2.20. The molecule has 1 unspecified atom stereocenters. The molecule has 0 radical (unpaired) electrons. The molecule has 0 spiro atoms. The fourth-order valence-corrected chi connectivity index (χ4v) is 1.59. The molecule has 5 heteroatoms. The number of likely N-dealkylation sites (N-methyl/N-ethyl adjacent to an activating group) is 1. The second-order valence-electron chi connectivity index (χ2n) is 4.03. The van der Waals surface area contributed by atoms with E-state index in [0.717, 1.165) is 0 Å². The summed E-state index contributed by atoms with van der Waals surface area (Å²) in [7, 11) is 3.75. The van der Waals surface area contributed by atoms with Gasteiger partial charge in [-0.05, 0) is 32.6 Å². The molecule has 1 aromatic rings. The number of nitrogens with two attached hydrogens (primary N) is 1. The molecule has 3 nitrogen and oxygen atoms in total. The summed E-state index contributed by atoms with van der Waals surface area (Å²) in [6.07, 6.45) is 0.229. The van der Waals surface area contributed by atoms with Crippen molar-refractivity contribution in [2.24, 2.45) is 5.84 Å². The minimum Gasteiger partial charge on any atom is -0.308 e. The highest BCUT2D eigenvalue weighted by Crippen LogP contribution is 2.14. The molecule has 0 heterocycles. The first-order valence-electron chi connectivity index (χ1n) is 5.08. The fourth-order valence-electron chi connectivity index (χ4n) is 1.59. The van der Waals surface area contributed by atoms with Crippen LogP contribution >= 0.6 is 0 Å². The van der Waals surface area contributed by atoms with Crippen molar-refractivity contribution in [3.05, 3.63) is 35.4 Å². The van der Waals surface area contributed by atoms with E-state index in [1.807, 2.05) is 19.0 Å². The summed E-state index contributed by atoms with van der Waals surface area (Å²) in [6.45, 7) is 0.615. The van der Waals surface area contributed by atoms with Gasteiger partial charge in [0.1, 0.15) is 11.6 Å². The molecule has 0 aromatic heterocycles. The Balaban J connectivity index is 2.77. The van der Waals surface area contributed by atoms with Crippen LogP contribution in [0.4, 0.5) is 8.78 Å². The zero-order chi connectivity index (χ0) is 12.1. The summed E-state index contributed by atoms with van der Waals surface area (Å²) in [5.74, 6) is 4.29. The van der Waals surface area contributed by atoms with Crippen molar-refractivity contribution in [3.8, 4) is 0 Å². The van der Waals surface area contributed by atoms with Crippen molar-refractivity contribution in [2.75, 3.05) is 20.6 Å². The van der Waals surface area contributed by atoms with E-state index >= 15 is 0 Å². The Bertz CT molecular complexity index is 322. The fraction of sp³-hybridized carbons (Fsp3) is 0.455. The van der Waals surface area contributed by atoms with Crippen molar-refractivity contribution in [2.45, 2.75) is 12.5 Å². The van der Waals surface area contributed by atoms with Gasteiger partial charge in [0.2, 0.25) is 0 Å². The van der Waals surface area contributed by atoms with Crippen LogP contribution < -0.4 is 11.3 Å². The van der Waals surface area contributed by atoms with E-state index in [4.69, 9.17) is 5.84 Å². The van der Waals surface area contributed by atoms with Crippen molar-refractivity contribution in [1.29, 1.82) is 0 Å². The monoisotopic (exact) mass is 229 g/mol. The zero-order valence-corrected chi connectivity index (χ0v) is 9.50. The van der Waals surface area contributed by atoms with Crippen molar-refractivity contribution in [3.63, 3.8) is 0 Å². The summed E-state index contributed by atoms with van der Waals surface area (Å²) in [4.78, 5) is 1.91. The Morgan fingerprint density at radius 1 is 1.31 bits per heavy atom. The van der Waals surface area contributed by atoms with Crippen LogP contribution in [-0.4, -0.2) is 31.6 Å². The molecule has 0 aliphatic rings. The summed E-state index contributed by atoms with van der Waals surface area (Å²) in [5.41, 5.74) is 2.64. The summed E-state index contributed by atoms with van der Waals surface area (Å²) < 4.78 is 26.7. The van der Waals surface area contributed by atoms with Gasteiger partial charge >= 0.3 is 0 Å². The molecule has 0 aliphatic carbocycles. The Labute approximate surface area is 94.2 Å². The van der Waals surface area contributed by atoms with E-state index in [2.05, 4.69) is 5.43 Å². The Morgan fingerprint density at radius 3 is 2.31 bits per heavy atom. The Kier molecular flexibility index (Phi) is 4.79. The third kappa shape index (κ3) is 3.52. The molecule has 0 saturated carbocycles. The van der Waals surface area contributed by atoms with Crippen LogP contribution in [0, 0.1) is 11.6 Å². The number of hydrazine groups is 1. The third-order valence-electron chi connectivity index (χ3n) is 2.33. The second-order valence-corrected chi connectivity index (χ2v) is 4.03. The van der Waals surface area contributed by atoms with Crippen molar-refractivity contribution in [1.82, 2.24) is 10.3 Å². The van der Waals surface area contributed by atoms with Crippen molar-refractivity contribution >= 4 is 0 Å². The number of nitrogens with zero attached hydrogens (tertiary/aromatic N) is 1. The van der Waals surface area contributed by atoms with Crippen LogP contribution in [0.5, 0.6) is 0 Å². The number of nitrogens with one attached hydrogen (secondary N) is 1. The number of benzene rings is 1. The van der Waals surface area contributed by atoms with Gasteiger partial charge in [-0.3, -0.25) is 11.3 Å². The number of rotatable bonds is 5. The van der Waals surface area contributed by atoms with E-state index < -0.39 is 11.6 Å². The molecule has 0 fully saturated rings. The smallest absolute Gasteiger partial charge is 0.129 e. The maximum atomic E-state index is 13.4. The number of hydrogen-bond donors (Lipinski definition) is 2. The summed E-state index contributed by atoms with van der Waals surface area (Å²) >= 11 is 0. The van der Waals surface area contributed by atoms with Crippen LogP contribution in [0.15, 0.2) is 18.2 Å². The molecular weight excluding hydrogens is 212 g/mol. The molecule has 16 heavy (non-hydrogen) atoms. The van der Waals surface area contributed by atoms with Crippen LogP contribution in [-0.2, 0) is 6.42 Å². The Morgan fingerprint density at radius 2 is 1.88 bits per heavy atom. The highest BCUT2D eigenvalue weighted by atomic mass is 19.1. The summed E-state index contributed by atoms with van der Waals surface area (Å²) in [5, 5.41) is 0. The van der Waals surface area contributed by atoms with E-state index in [1.165, 1.54) is 18.2 Å². The molecule has 3 N–H and O–H groups in total. The predicted molar refractivity (Wildman–Crippen MR) is 59.7 cm³/mol. The maximum absolute atomic E-state index is 13.4. The molecule has 0 aliphatic heterocycles. The summed E-state index contributed by atoms with van der Waals surface area (Å²) in [6, 6.07) is 3.68. The molecular formula is C11H17F2N3. The normalized spacial score (nSPS) is 13.1. The van der Waals surface area contributed by atoms with Gasteiger partial charge in [-0.15, -0.1) is 0 Å². The van der Waals surface area contributed by atoms with Gasteiger partial charge in [-0.2, -0.15) is 0 Å². The minimum absolute atomic E-state index is 0.0762. The third-order valence-corrected chi connectivity index (χ3v) is 2.33. The molecule has 0 amide bonds. The van der Waals surface area contributed by atoms with E-state index in [9.17, 15) is 8.78 Å². The van der Waals surface area contributed by atoms with Crippen LogP contribution in [0.3, 0.4) is 0 Å². The van der Waals surface area contributed by atoms with Gasteiger partial charge in [-0.1, -0.05) is 6.07 Å².